The maximum atomic E-state index is 13.6. The minimum absolute atomic E-state index is 0.0358. The van der Waals surface area contributed by atoms with Gasteiger partial charge in [-0.15, -0.1) is 0 Å². The Kier molecular flexibility index (Phi) is 3.91. The predicted octanol–water partition coefficient (Wildman–Crippen LogP) is 2.71. The fourth-order valence-electron chi connectivity index (χ4n) is 2.22. The van der Waals surface area contributed by atoms with Gasteiger partial charge in [0.15, 0.2) is 5.78 Å². The van der Waals surface area contributed by atoms with Crippen LogP contribution < -0.4 is 0 Å². The van der Waals surface area contributed by atoms with E-state index in [-0.39, 0.29) is 11.7 Å². The van der Waals surface area contributed by atoms with Crippen LogP contribution in [-0.2, 0) is 9.53 Å². The van der Waals surface area contributed by atoms with E-state index in [0.29, 0.717) is 12.5 Å². The number of benzene rings is 1. The van der Waals surface area contributed by atoms with E-state index < -0.39 is 29.4 Å². The molecule has 0 aromatic heterocycles. The molecule has 19 heavy (non-hydrogen) atoms. The maximum Gasteiger partial charge on any atom is 0.183 e. The second kappa shape index (κ2) is 5.45. The summed E-state index contributed by atoms with van der Waals surface area (Å²) in [6, 6.07) is 4.62. The van der Waals surface area contributed by atoms with E-state index in [4.69, 9.17) is 10.00 Å². The fraction of sp³-hybridized carbons (Fsp3) is 0.429. The first-order chi connectivity index (χ1) is 9.02. The molecule has 3 atom stereocenters. The molecule has 1 aliphatic rings. The highest BCUT2D eigenvalue weighted by molar-refractivity contribution is 5.92. The van der Waals surface area contributed by atoms with Gasteiger partial charge in [-0.2, -0.15) is 5.26 Å². The number of ketones is 1. The molecule has 0 N–H and O–H groups in total. The molecule has 0 amide bonds. The van der Waals surface area contributed by atoms with Crippen LogP contribution in [0.5, 0.6) is 0 Å². The van der Waals surface area contributed by atoms with Gasteiger partial charge in [0, 0.05) is 11.6 Å². The second-order valence-electron chi connectivity index (χ2n) is 4.64. The van der Waals surface area contributed by atoms with Crippen LogP contribution in [0.15, 0.2) is 18.2 Å². The second-order valence-corrected chi connectivity index (χ2v) is 4.64. The van der Waals surface area contributed by atoms with Gasteiger partial charge in [-0.3, -0.25) is 4.79 Å². The quantitative estimate of drug-likeness (QED) is 0.844. The molecule has 2 rings (SSSR count). The molecule has 0 radical (unpaired) electrons. The lowest BCUT2D eigenvalue weighted by molar-refractivity contribution is -0.129. The van der Waals surface area contributed by atoms with E-state index in [1.165, 1.54) is 0 Å². The molecule has 0 spiro atoms. The molecule has 3 nitrogen and oxygen atoms in total. The van der Waals surface area contributed by atoms with Crippen LogP contribution in [0.2, 0.25) is 0 Å². The Balaban J connectivity index is 2.25. The molecule has 100 valence electrons. The van der Waals surface area contributed by atoms with Gasteiger partial charge in [0.25, 0.3) is 0 Å². The zero-order valence-electron chi connectivity index (χ0n) is 10.4. The lowest BCUT2D eigenvalue weighted by Crippen LogP contribution is -2.27. The largest absolute Gasteiger partial charge is 0.367 e. The van der Waals surface area contributed by atoms with Crippen LogP contribution in [0.1, 0.15) is 31.2 Å². The SMILES string of the molecule is CC1CCC(C(=O)C(C#N)c2ccc(F)cc2F)O1. The van der Waals surface area contributed by atoms with Crippen molar-refractivity contribution >= 4 is 5.78 Å². The van der Waals surface area contributed by atoms with Crippen molar-refractivity contribution in [2.24, 2.45) is 0 Å². The molecule has 1 aromatic carbocycles. The van der Waals surface area contributed by atoms with Gasteiger partial charge in [0.2, 0.25) is 0 Å². The van der Waals surface area contributed by atoms with Crippen molar-refractivity contribution in [3.8, 4) is 6.07 Å². The van der Waals surface area contributed by atoms with Gasteiger partial charge in [-0.1, -0.05) is 6.07 Å². The third-order valence-electron chi connectivity index (χ3n) is 3.24. The summed E-state index contributed by atoms with van der Waals surface area (Å²) in [6.07, 6.45) is 0.553. The van der Waals surface area contributed by atoms with E-state index in [0.717, 1.165) is 18.6 Å². The van der Waals surface area contributed by atoms with Gasteiger partial charge in [-0.25, -0.2) is 8.78 Å². The summed E-state index contributed by atoms with van der Waals surface area (Å²) >= 11 is 0. The molecule has 3 unspecified atom stereocenters. The Labute approximate surface area is 109 Å². The van der Waals surface area contributed by atoms with Gasteiger partial charge < -0.3 is 4.74 Å². The normalized spacial score (nSPS) is 23.9. The molecule has 1 aliphatic heterocycles. The molecule has 0 saturated carbocycles. The van der Waals surface area contributed by atoms with Gasteiger partial charge in [-0.05, 0) is 25.8 Å². The average Bonchev–Trinajstić information content (AvgIpc) is 2.79. The number of nitrogens with zero attached hydrogens (tertiary/aromatic N) is 1. The van der Waals surface area contributed by atoms with Gasteiger partial charge >= 0.3 is 0 Å². The maximum absolute atomic E-state index is 13.6. The fourth-order valence-corrected chi connectivity index (χ4v) is 2.22. The molecule has 1 aromatic rings. The van der Waals surface area contributed by atoms with Crippen molar-refractivity contribution in [2.45, 2.75) is 37.9 Å². The summed E-state index contributed by atoms with van der Waals surface area (Å²) in [5.41, 5.74) is -0.1000. The topological polar surface area (TPSA) is 50.1 Å². The summed E-state index contributed by atoms with van der Waals surface area (Å²) < 4.78 is 31.9. The molecule has 1 fully saturated rings. The first-order valence-corrected chi connectivity index (χ1v) is 6.06. The van der Waals surface area contributed by atoms with Crippen LogP contribution in [-0.4, -0.2) is 18.0 Å². The first kappa shape index (κ1) is 13.6. The zero-order chi connectivity index (χ0) is 14.0. The van der Waals surface area contributed by atoms with E-state index in [1.54, 1.807) is 6.07 Å². The number of rotatable bonds is 3. The Morgan fingerprint density at radius 1 is 1.47 bits per heavy atom. The lowest BCUT2D eigenvalue weighted by atomic mass is 9.91. The Morgan fingerprint density at radius 2 is 2.21 bits per heavy atom. The summed E-state index contributed by atoms with van der Waals surface area (Å²) in [4.78, 5) is 12.2. The molecule has 0 aliphatic carbocycles. The van der Waals surface area contributed by atoms with E-state index in [1.807, 2.05) is 6.92 Å². The third-order valence-corrected chi connectivity index (χ3v) is 3.24. The van der Waals surface area contributed by atoms with E-state index >= 15 is 0 Å². The number of carbonyl (C=O) groups is 1. The van der Waals surface area contributed by atoms with Gasteiger partial charge in [0.1, 0.15) is 23.7 Å². The number of carbonyl (C=O) groups excluding carboxylic acids is 1. The highest BCUT2D eigenvalue weighted by atomic mass is 19.1. The zero-order valence-corrected chi connectivity index (χ0v) is 10.4. The van der Waals surface area contributed by atoms with Crippen molar-refractivity contribution in [2.75, 3.05) is 0 Å². The number of ether oxygens (including phenoxy) is 1. The highest BCUT2D eigenvalue weighted by Crippen LogP contribution is 2.28. The standard InChI is InChI=1S/C14H13F2NO2/c1-8-2-5-13(19-8)14(18)11(7-17)10-4-3-9(15)6-12(10)16/h3-4,6,8,11,13H,2,5H2,1H3. The first-order valence-electron chi connectivity index (χ1n) is 6.06. The molecular formula is C14H13F2NO2. The molecule has 0 bridgehead atoms. The summed E-state index contributed by atoms with van der Waals surface area (Å²) in [7, 11) is 0. The van der Waals surface area contributed by atoms with E-state index in [2.05, 4.69) is 0 Å². The van der Waals surface area contributed by atoms with Crippen LogP contribution in [0, 0.1) is 23.0 Å². The average molecular weight is 265 g/mol. The molecule has 5 heteroatoms. The number of hydrogen-bond donors (Lipinski definition) is 0. The van der Waals surface area contributed by atoms with Crippen LogP contribution in [0.4, 0.5) is 8.78 Å². The third kappa shape index (κ3) is 2.79. The number of nitriles is 1. The molecule has 1 heterocycles. The van der Waals surface area contributed by atoms with Crippen molar-refractivity contribution in [1.82, 2.24) is 0 Å². The van der Waals surface area contributed by atoms with Crippen molar-refractivity contribution in [3.05, 3.63) is 35.4 Å². The smallest absolute Gasteiger partial charge is 0.183 e. The van der Waals surface area contributed by atoms with Crippen molar-refractivity contribution in [3.63, 3.8) is 0 Å². The van der Waals surface area contributed by atoms with Crippen LogP contribution in [0.25, 0.3) is 0 Å². The Hall–Kier alpha value is -1.80. The highest BCUT2D eigenvalue weighted by Gasteiger charge is 2.35. The van der Waals surface area contributed by atoms with Gasteiger partial charge in [0.05, 0.1) is 12.2 Å². The minimum atomic E-state index is -1.25. The van der Waals surface area contributed by atoms with Crippen LogP contribution >= 0.6 is 0 Å². The summed E-state index contributed by atoms with van der Waals surface area (Å²) in [5, 5.41) is 9.08. The number of Topliss-reactive ketones (excluding diaryl/α,β-unsaturated/α-hetero) is 1. The summed E-state index contributed by atoms with van der Waals surface area (Å²) in [5.74, 6) is -3.34. The summed E-state index contributed by atoms with van der Waals surface area (Å²) in [6.45, 7) is 1.84. The monoisotopic (exact) mass is 265 g/mol. The number of hydrogen-bond acceptors (Lipinski definition) is 3. The molecular weight excluding hydrogens is 252 g/mol. The van der Waals surface area contributed by atoms with Crippen LogP contribution in [0.3, 0.4) is 0 Å². The van der Waals surface area contributed by atoms with E-state index in [9.17, 15) is 13.6 Å². The minimum Gasteiger partial charge on any atom is -0.367 e. The Morgan fingerprint density at radius 3 is 2.74 bits per heavy atom. The lowest BCUT2D eigenvalue weighted by Gasteiger charge is -2.15. The number of halogens is 2. The van der Waals surface area contributed by atoms with Crippen molar-refractivity contribution in [1.29, 1.82) is 5.26 Å². The van der Waals surface area contributed by atoms with Crippen molar-refractivity contribution < 1.29 is 18.3 Å². The predicted molar refractivity (Wildman–Crippen MR) is 63.3 cm³/mol. The Bertz CT molecular complexity index is 539. The molecule has 1 saturated heterocycles.